The quantitative estimate of drug-likeness (QED) is 0.755. The maximum absolute atomic E-state index is 11.3. The van der Waals surface area contributed by atoms with Crippen LogP contribution in [-0.4, -0.2) is 26.8 Å². The lowest BCUT2D eigenvalue weighted by Gasteiger charge is -2.11. The van der Waals surface area contributed by atoms with Crippen LogP contribution in [0.4, 0.5) is 0 Å². The van der Waals surface area contributed by atoms with Gasteiger partial charge in [-0.1, -0.05) is 12.1 Å². The van der Waals surface area contributed by atoms with Gasteiger partial charge in [0.15, 0.2) is 0 Å². The molecule has 0 saturated carbocycles. The molecule has 0 heterocycles. The molecule has 1 aromatic carbocycles. The van der Waals surface area contributed by atoms with Crippen molar-refractivity contribution >= 4 is 10.3 Å². The highest BCUT2D eigenvalue weighted by molar-refractivity contribution is 7.84. The van der Waals surface area contributed by atoms with E-state index >= 15 is 0 Å². The van der Waals surface area contributed by atoms with Crippen LogP contribution in [0.3, 0.4) is 0 Å². The van der Waals surface area contributed by atoms with Gasteiger partial charge in [-0.2, -0.15) is 12.7 Å². The molecule has 0 aliphatic carbocycles. The number of nitrogens with zero attached hydrogens (tertiary/aromatic N) is 1. The average molecular weight is 214 g/mol. The van der Waals surface area contributed by atoms with Crippen LogP contribution < -0.4 is 4.18 Å². The highest BCUT2D eigenvalue weighted by Gasteiger charge is 2.15. The Hall–Kier alpha value is -1.07. The standard InChI is InChI=1S/C9H12NO3S/c1-8-4-6-9(7-5-8)13-14(11,12)10(2)3/h4-7H,1H2,2-3H3. The predicted molar refractivity (Wildman–Crippen MR) is 54.1 cm³/mol. The van der Waals surface area contributed by atoms with Crippen molar-refractivity contribution in [1.29, 1.82) is 0 Å². The third-order valence-corrected chi connectivity index (χ3v) is 2.87. The Balaban J connectivity index is 2.85. The molecule has 0 atom stereocenters. The van der Waals surface area contributed by atoms with Gasteiger partial charge in [0.05, 0.1) is 0 Å². The van der Waals surface area contributed by atoms with Crippen LogP contribution in [-0.2, 0) is 10.3 Å². The molecule has 0 bridgehead atoms. The molecular formula is C9H12NO3S. The lowest BCUT2D eigenvalue weighted by atomic mass is 10.2. The van der Waals surface area contributed by atoms with E-state index in [9.17, 15) is 8.42 Å². The molecule has 0 amide bonds. The van der Waals surface area contributed by atoms with Gasteiger partial charge in [0.1, 0.15) is 5.75 Å². The maximum Gasteiger partial charge on any atom is 0.384 e. The molecule has 4 nitrogen and oxygen atoms in total. The van der Waals surface area contributed by atoms with Gasteiger partial charge in [0, 0.05) is 14.1 Å². The molecule has 0 saturated heterocycles. The van der Waals surface area contributed by atoms with Gasteiger partial charge in [-0.3, -0.25) is 0 Å². The lowest BCUT2D eigenvalue weighted by molar-refractivity contribution is 0.421. The largest absolute Gasteiger partial charge is 0.384 e. The van der Waals surface area contributed by atoms with Gasteiger partial charge in [0.25, 0.3) is 0 Å². The fourth-order valence-electron chi connectivity index (χ4n) is 0.741. The van der Waals surface area contributed by atoms with E-state index in [4.69, 9.17) is 4.18 Å². The van der Waals surface area contributed by atoms with Crippen LogP contribution in [0.15, 0.2) is 24.3 Å². The summed E-state index contributed by atoms with van der Waals surface area (Å²) in [5, 5.41) is 0. The Morgan fingerprint density at radius 2 is 1.71 bits per heavy atom. The molecule has 77 valence electrons. The minimum absolute atomic E-state index is 0.283. The van der Waals surface area contributed by atoms with E-state index in [-0.39, 0.29) is 5.75 Å². The highest BCUT2D eigenvalue weighted by Crippen LogP contribution is 2.14. The molecule has 5 heteroatoms. The molecule has 1 radical (unpaired) electrons. The second-order valence-corrected chi connectivity index (χ2v) is 4.72. The van der Waals surface area contributed by atoms with E-state index in [2.05, 4.69) is 6.92 Å². The van der Waals surface area contributed by atoms with Crippen molar-refractivity contribution < 1.29 is 12.6 Å². The van der Waals surface area contributed by atoms with Crippen molar-refractivity contribution in [2.24, 2.45) is 0 Å². The zero-order valence-corrected chi connectivity index (χ0v) is 8.91. The number of benzene rings is 1. The summed E-state index contributed by atoms with van der Waals surface area (Å²) in [5.41, 5.74) is 0.805. The first kappa shape index (κ1) is 11.0. The van der Waals surface area contributed by atoms with Crippen LogP contribution in [0.2, 0.25) is 0 Å². The fourth-order valence-corrected chi connectivity index (χ4v) is 1.24. The van der Waals surface area contributed by atoms with Gasteiger partial charge >= 0.3 is 10.3 Å². The van der Waals surface area contributed by atoms with Crippen molar-refractivity contribution in [2.75, 3.05) is 14.1 Å². The molecule has 0 fully saturated rings. The molecule has 1 aromatic rings. The smallest absolute Gasteiger partial charge is 0.371 e. The Bertz CT molecular complexity index is 395. The topological polar surface area (TPSA) is 46.6 Å². The van der Waals surface area contributed by atoms with Gasteiger partial charge in [-0.05, 0) is 24.6 Å². The van der Waals surface area contributed by atoms with Crippen LogP contribution in [0, 0.1) is 6.92 Å². The maximum atomic E-state index is 11.3. The predicted octanol–water partition coefficient (Wildman–Crippen LogP) is 1.05. The minimum atomic E-state index is -3.65. The summed E-state index contributed by atoms with van der Waals surface area (Å²) < 4.78 is 28.3. The summed E-state index contributed by atoms with van der Waals surface area (Å²) >= 11 is 0. The normalized spacial score (nSPS) is 11.7. The number of rotatable bonds is 3. The Morgan fingerprint density at radius 3 is 2.14 bits per heavy atom. The molecule has 1 rings (SSSR count). The van der Waals surface area contributed by atoms with Crippen molar-refractivity contribution in [2.45, 2.75) is 0 Å². The highest BCUT2D eigenvalue weighted by atomic mass is 32.2. The van der Waals surface area contributed by atoms with Crippen LogP contribution in [0.25, 0.3) is 0 Å². The van der Waals surface area contributed by atoms with E-state index in [1.807, 2.05) is 0 Å². The SMILES string of the molecule is [CH2]c1ccc(OS(=O)(=O)N(C)C)cc1. The molecule has 0 aliphatic rings. The molecule has 0 aromatic heterocycles. The zero-order chi connectivity index (χ0) is 10.8. The minimum Gasteiger partial charge on any atom is -0.371 e. The average Bonchev–Trinajstić information content (AvgIpc) is 2.08. The summed E-state index contributed by atoms with van der Waals surface area (Å²) in [5.74, 6) is 0.283. The Kier molecular flexibility index (Phi) is 3.13. The van der Waals surface area contributed by atoms with E-state index in [0.717, 1.165) is 9.87 Å². The summed E-state index contributed by atoms with van der Waals surface area (Å²) in [6.45, 7) is 3.68. The summed E-state index contributed by atoms with van der Waals surface area (Å²) in [4.78, 5) is 0. The van der Waals surface area contributed by atoms with E-state index < -0.39 is 10.3 Å². The van der Waals surface area contributed by atoms with Gasteiger partial charge in [0.2, 0.25) is 0 Å². The molecule has 0 N–H and O–H groups in total. The third-order valence-electron chi connectivity index (χ3n) is 1.57. The van der Waals surface area contributed by atoms with Gasteiger partial charge < -0.3 is 4.18 Å². The van der Waals surface area contributed by atoms with Crippen molar-refractivity contribution in [1.82, 2.24) is 4.31 Å². The summed E-state index contributed by atoms with van der Waals surface area (Å²) in [6, 6.07) is 6.48. The van der Waals surface area contributed by atoms with E-state index in [1.165, 1.54) is 14.1 Å². The van der Waals surface area contributed by atoms with Crippen molar-refractivity contribution in [3.05, 3.63) is 36.8 Å². The molecule has 14 heavy (non-hydrogen) atoms. The second-order valence-electron chi connectivity index (χ2n) is 2.97. The lowest BCUT2D eigenvalue weighted by Crippen LogP contribution is -2.26. The molecule has 0 aliphatic heterocycles. The first-order chi connectivity index (χ1) is 6.42. The second kappa shape index (κ2) is 3.98. The van der Waals surface area contributed by atoms with E-state index in [1.54, 1.807) is 24.3 Å². The summed E-state index contributed by atoms with van der Waals surface area (Å²) in [6.07, 6.45) is 0. The molecular weight excluding hydrogens is 202 g/mol. The van der Waals surface area contributed by atoms with Crippen LogP contribution >= 0.6 is 0 Å². The Labute approximate surface area is 84.4 Å². The van der Waals surface area contributed by atoms with Gasteiger partial charge in [-0.15, -0.1) is 0 Å². The fraction of sp³-hybridized carbons (Fsp3) is 0.222. The van der Waals surface area contributed by atoms with E-state index in [0.29, 0.717) is 0 Å². The summed E-state index contributed by atoms with van der Waals surface area (Å²) in [7, 11) is -0.836. The van der Waals surface area contributed by atoms with Crippen molar-refractivity contribution in [3.63, 3.8) is 0 Å². The number of hydrogen-bond acceptors (Lipinski definition) is 3. The number of hydrogen-bond donors (Lipinski definition) is 0. The van der Waals surface area contributed by atoms with Crippen LogP contribution in [0.1, 0.15) is 5.56 Å². The monoisotopic (exact) mass is 214 g/mol. The zero-order valence-electron chi connectivity index (χ0n) is 8.10. The van der Waals surface area contributed by atoms with Crippen molar-refractivity contribution in [3.8, 4) is 5.75 Å². The van der Waals surface area contributed by atoms with Gasteiger partial charge in [-0.25, -0.2) is 0 Å². The Morgan fingerprint density at radius 1 is 1.21 bits per heavy atom. The first-order valence-electron chi connectivity index (χ1n) is 3.96. The van der Waals surface area contributed by atoms with Crippen LogP contribution in [0.5, 0.6) is 5.75 Å². The molecule has 0 unspecified atom stereocenters. The molecule has 0 spiro atoms. The third kappa shape index (κ3) is 2.71. The first-order valence-corrected chi connectivity index (χ1v) is 5.32.